The molecule has 0 aliphatic heterocycles. The number of methoxy groups -OCH3 is 1. The maximum Gasteiger partial charge on any atom is 0.135 e. The van der Waals surface area contributed by atoms with E-state index in [4.69, 9.17) is 10.5 Å². The molecule has 0 radical (unpaired) electrons. The topological polar surface area (TPSA) is 73.9 Å². The lowest BCUT2D eigenvalue weighted by molar-refractivity contribution is 0.181. The van der Waals surface area contributed by atoms with Crippen molar-refractivity contribution in [3.8, 4) is 0 Å². The summed E-state index contributed by atoms with van der Waals surface area (Å²) in [7, 11) is 1.62. The van der Waals surface area contributed by atoms with Crippen LogP contribution in [0.25, 0.3) is 0 Å². The SMILES string of the molecule is COCc1cc(N)nc(Cc2cccnc2)n1. The summed E-state index contributed by atoms with van der Waals surface area (Å²) in [6, 6.07) is 5.59. The van der Waals surface area contributed by atoms with E-state index in [1.807, 2.05) is 12.1 Å². The summed E-state index contributed by atoms with van der Waals surface area (Å²) in [5.41, 5.74) is 7.57. The second-order valence-corrected chi connectivity index (χ2v) is 3.67. The Morgan fingerprint density at radius 2 is 2.24 bits per heavy atom. The van der Waals surface area contributed by atoms with E-state index >= 15 is 0 Å². The van der Waals surface area contributed by atoms with Crippen LogP contribution < -0.4 is 5.73 Å². The molecule has 0 bridgehead atoms. The summed E-state index contributed by atoms with van der Waals surface area (Å²) >= 11 is 0. The van der Waals surface area contributed by atoms with Crippen LogP contribution >= 0.6 is 0 Å². The minimum absolute atomic E-state index is 0.437. The van der Waals surface area contributed by atoms with Crippen LogP contribution in [0.1, 0.15) is 17.1 Å². The molecule has 0 amide bonds. The average molecular weight is 230 g/mol. The van der Waals surface area contributed by atoms with Crippen LogP contribution in [0.4, 0.5) is 5.82 Å². The average Bonchev–Trinajstić information content (AvgIpc) is 2.30. The predicted octanol–water partition coefficient (Wildman–Crippen LogP) is 1.19. The summed E-state index contributed by atoms with van der Waals surface area (Å²) in [5.74, 6) is 1.15. The maximum absolute atomic E-state index is 5.72. The molecule has 88 valence electrons. The van der Waals surface area contributed by atoms with E-state index in [2.05, 4.69) is 15.0 Å². The molecule has 0 fully saturated rings. The number of hydrogen-bond acceptors (Lipinski definition) is 5. The predicted molar refractivity (Wildman–Crippen MR) is 64.2 cm³/mol. The lowest BCUT2D eigenvalue weighted by Gasteiger charge is -2.05. The number of ether oxygens (including phenoxy) is 1. The molecule has 2 N–H and O–H groups in total. The molecule has 0 spiro atoms. The standard InChI is InChI=1S/C12H14N4O/c1-17-8-10-6-11(13)16-12(15-10)5-9-3-2-4-14-7-9/h2-4,6-7H,5,8H2,1H3,(H2,13,15,16). The molecule has 2 aromatic heterocycles. The summed E-state index contributed by atoms with van der Waals surface area (Å²) in [6.07, 6.45) is 4.15. The highest BCUT2D eigenvalue weighted by atomic mass is 16.5. The number of pyridine rings is 1. The maximum atomic E-state index is 5.72. The Hall–Kier alpha value is -2.01. The Bertz CT molecular complexity index is 487. The van der Waals surface area contributed by atoms with Gasteiger partial charge in [-0.1, -0.05) is 6.07 Å². The number of nitrogen functional groups attached to an aromatic ring is 1. The van der Waals surface area contributed by atoms with Crippen LogP contribution in [0.5, 0.6) is 0 Å². The Morgan fingerprint density at radius 1 is 1.35 bits per heavy atom. The van der Waals surface area contributed by atoms with Gasteiger partial charge in [0, 0.05) is 32.0 Å². The molecule has 2 aromatic rings. The van der Waals surface area contributed by atoms with Crippen molar-refractivity contribution in [2.75, 3.05) is 12.8 Å². The highest BCUT2D eigenvalue weighted by Gasteiger charge is 2.04. The second-order valence-electron chi connectivity index (χ2n) is 3.67. The van der Waals surface area contributed by atoms with Crippen LogP contribution in [0.2, 0.25) is 0 Å². The smallest absolute Gasteiger partial charge is 0.135 e. The highest BCUT2D eigenvalue weighted by Crippen LogP contribution is 2.08. The van der Waals surface area contributed by atoms with Gasteiger partial charge in [0.15, 0.2) is 0 Å². The third-order valence-electron chi connectivity index (χ3n) is 2.22. The number of aromatic nitrogens is 3. The minimum atomic E-state index is 0.437. The van der Waals surface area contributed by atoms with Gasteiger partial charge in [0.2, 0.25) is 0 Å². The lowest BCUT2D eigenvalue weighted by Crippen LogP contribution is -2.05. The first-order valence-electron chi connectivity index (χ1n) is 5.28. The molecule has 2 heterocycles. The van der Waals surface area contributed by atoms with Gasteiger partial charge in [-0.3, -0.25) is 4.98 Å². The Morgan fingerprint density at radius 3 is 2.94 bits per heavy atom. The molecule has 5 heteroatoms. The van der Waals surface area contributed by atoms with Crippen LogP contribution in [-0.2, 0) is 17.8 Å². The van der Waals surface area contributed by atoms with Crippen molar-refractivity contribution in [2.45, 2.75) is 13.0 Å². The molecular formula is C12H14N4O. The summed E-state index contributed by atoms with van der Waals surface area (Å²) in [5, 5.41) is 0. The fourth-order valence-electron chi connectivity index (χ4n) is 1.56. The number of anilines is 1. The van der Waals surface area contributed by atoms with E-state index in [-0.39, 0.29) is 0 Å². The van der Waals surface area contributed by atoms with Gasteiger partial charge < -0.3 is 10.5 Å². The molecule has 0 aliphatic carbocycles. The molecule has 2 rings (SSSR count). The van der Waals surface area contributed by atoms with Crippen molar-refractivity contribution in [3.05, 3.63) is 47.7 Å². The molecule has 17 heavy (non-hydrogen) atoms. The quantitative estimate of drug-likeness (QED) is 0.854. The van der Waals surface area contributed by atoms with Crippen LogP contribution in [0.3, 0.4) is 0 Å². The van der Waals surface area contributed by atoms with Crippen molar-refractivity contribution >= 4 is 5.82 Å². The number of nitrogens with zero attached hydrogens (tertiary/aromatic N) is 3. The van der Waals surface area contributed by atoms with Gasteiger partial charge >= 0.3 is 0 Å². The van der Waals surface area contributed by atoms with Crippen molar-refractivity contribution in [1.82, 2.24) is 15.0 Å². The molecule has 0 saturated heterocycles. The summed E-state index contributed by atoms with van der Waals surface area (Å²) in [6.45, 7) is 0.437. The van der Waals surface area contributed by atoms with Crippen LogP contribution in [-0.4, -0.2) is 22.1 Å². The second kappa shape index (κ2) is 5.36. The Balaban J connectivity index is 2.21. The largest absolute Gasteiger partial charge is 0.384 e. The normalized spacial score (nSPS) is 10.4. The van der Waals surface area contributed by atoms with E-state index in [1.165, 1.54) is 0 Å². The van der Waals surface area contributed by atoms with Gasteiger partial charge in [-0.15, -0.1) is 0 Å². The zero-order chi connectivity index (χ0) is 12.1. The van der Waals surface area contributed by atoms with E-state index in [0.717, 1.165) is 11.3 Å². The first kappa shape index (κ1) is 11.5. The van der Waals surface area contributed by atoms with Crippen LogP contribution in [0, 0.1) is 0 Å². The van der Waals surface area contributed by atoms with Crippen molar-refractivity contribution < 1.29 is 4.74 Å². The molecule has 5 nitrogen and oxygen atoms in total. The molecule has 0 aromatic carbocycles. The fraction of sp³-hybridized carbons (Fsp3) is 0.250. The minimum Gasteiger partial charge on any atom is -0.384 e. The highest BCUT2D eigenvalue weighted by molar-refractivity contribution is 5.30. The Kier molecular flexibility index (Phi) is 3.62. The van der Waals surface area contributed by atoms with Gasteiger partial charge in [0.1, 0.15) is 11.6 Å². The third-order valence-corrected chi connectivity index (χ3v) is 2.22. The van der Waals surface area contributed by atoms with Gasteiger partial charge in [0.05, 0.1) is 12.3 Å². The summed E-state index contributed by atoms with van der Waals surface area (Å²) < 4.78 is 5.03. The van der Waals surface area contributed by atoms with Gasteiger partial charge in [-0.25, -0.2) is 9.97 Å². The van der Waals surface area contributed by atoms with E-state index < -0.39 is 0 Å². The molecule has 0 atom stereocenters. The van der Waals surface area contributed by atoms with Crippen molar-refractivity contribution in [1.29, 1.82) is 0 Å². The van der Waals surface area contributed by atoms with E-state index in [0.29, 0.717) is 24.7 Å². The van der Waals surface area contributed by atoms with E-state index in [1.54, 1.807) is 25.6 Å². The third kappa shape index (κ3) is 3.22. The van der Waals surface area contributed by atoms with Gasteiger partial charge in [0.25, 0.3) is 0 Å². The fourth-order valence-corrected chi connectivity index (χ4v) is 1.56. The zero-order valence-electron chi connectivity index (χ0n) is 9.63. The summed E-state index contributed by atoms with van der Waals surface area (Å²) in [4.78, 5) is 12.6. The Labute approximate surface area is 99.7 Å². The molecular weight excluding hydrogens is 216 g/mol. The first-order chi connectivity index (χ1) is 8.28. The van der Waals surface area contributed by atoms with E-state index in [9.17, 15) is 0 Å². The van der Waals surface area contributed by atoms with Gasteiger partial charge in [-0.05, 0) is 11.6 Å². The molecule has 0 saturated carbocycles. The number of hydrogen-bond donors (Lipinski definition) is 1. The van der Waals surface area contributed by atoms with Gasteiger partial charge in [-0.2, -0.15) is 0 Å². The first-order valence-corrected chi connectivity index (χ1v) is 5.28. The number of nitrogens with two attached hydrogens (primary N) is 1. The molecule has 0 unspecified atom stereocenters. The molecule has 0 aliphatic rings. The monoisotopic (exact) mass is 230 g/mol. The van der Waals surface area contributed by atoms with Crippen molar-refractivity contribution in [3.63, 3.8) is 0 Å². The lowest BCUT2D eigenvalue weighted by atomic mass is 10.2. The zero-order valence-corrected chi connectivity index (χ0v) is 9.63. The number of rotatable bonds is 4. The van der Waals surface area contributed by atoms with Crippen molar-refractivity contribution in [2.24, 2.45) is 0 Å². The van der Waals surface area contributed by atoms with Crippen LogP contribution in [0.15, 0.2) is 30.6 Å².